The van der Waals surface area contributed by atoms with Crippen LogP contribution < -0.4 is 5.73 Å². The Morgan fingerprint density at radius 3 is 2.59 bits per heavy atom. The molecule has 0 aromatic carbocycles. The van der Waals surface area contributed by atoms with Gasteiger partial charge in [-0.25, -0.2) is 4.98 Å². The third kappa shape index (κ3) is 3.44. The van der Waals surface area contributed by atoms with Gasteiger partial charge in [0, 0.05) is 6.54 Å². The van der Waals surface area contributed by atoms with Crippen LogP contribution in [0.25, 0.3) is 6.08 Å². The van der Waals surface area contributed by atoms with Crippen LogP contribution in [0.15, 0.2) is 5.57 Å². The van der Waals surface area contributed by atoms with Crippen LogP contribution in [0.2, 0.25) is 9.62 Å². The number of nitrogens with two attached hydrogens (primary N) is 1. The van der Waals surface area contributed by atoms with E-state index < -0.39 is 0 Å². The van der Waals surface area contributed by atoms with Gasteiger partial charge < -0.3 is 5.73 Å². The van der Waals surface area contributed by atoms with E-state index >= 15 is 0 Å². The highest BCUT2D eigenvalue weighted by molar-refractivity contribution is 7.17. The van der Waals surface area contributed by atoms with Crippen molar-refractivity contribution in [2.24, 2.45) is 11.7 Å². The summed E-state index contributed by atoms with van der Waals surface area (Å²) in [5, 5.41) is 0.488. The summed E-state index contributed by atoms with van der Waals surface area (Å²) in [7, 11) is 0. The lowest BCUT2D eigenvalue weighted by atomic mass is 9.83. The van der Waals surface area contributed by atoms with E-state index in [9.17, 15) is 0 Å². The molecule has 94 valence electrons. The predicted octanol–water partition coefficient (Wildman–Crippen LogP) is 4.37. The van der Waals surface area contributed by atoms with Crippen LogP contribution >= 0.6 is 34.5 Å². The van der Waals surface area contributed by atoms with E-state index in [2.05, 4.69) is 11.1 Å². The Balaban J connectivity index is 2.19. The zero-order valence-electron chi connectivity index (χ0n) is 9.59. The molecule has 17 heavy (non-hydrogen) atoms. The van der Waals surface area contributed by atoms with Crippen LogP contribution in [0.3, 0.4) is 0 Å². The molecule has 2 rings (SSSR count). The number of nitrogens with zero attached hydrogens (tertiary/aromatic N) is 1. The smallest absolute Gasteiger partial charge is 0.185 e. The quantitative estimate of drug-likeness (QED) is 0.898. The van der Waals surface area contributed by atoms with Crippen LogP contribution in [0.5, 0.6) is 0 Å². The number of halogens is 2. The third-order valence-corrected chi connectivity index (χ3v) is 4.77. The second kappa shape index (κ2) is 6.19. The zero-order chi connectivity index (χ0) is 12.3. The summed E-state index contributed by atoms with van der Waals surface area (Å²) in [5.41, 5.74) is 7.13. The van der Waals surface area contributed by atoms with Gasteiger partial charge >= 0.3 is 0 Å². The minimum absolute atomic E-state index is 0.487. The van der Waals surface area contributed by atoms with Crippen molar-refractivity contribution in [1.82, 2.24) is 4.98 Å². The molecule has 1 saturated carbocycles. The molecular formula is C12H16Cl2N2S. The van der Waals surface area contributed by atoms with E-state index in [-0.39, 0.29) is 0 Å². The average molecular weight is 291 g/mol. The minimum Gasteiger partial charge on any atom is -0.327 e. The fourth-order valence-corrected chi connectivity index (χ4v) is 3.70. The van der Waals surface area contributed by atoms with Crippen LogP contribution in [-0.4, -0.2) is 11.5 Å². The first-order valence-electron chi connectivity index (χ1n) is 5.93. The summed E-state index contributed by atoms with van der Waals surface area (Å²) in [6.45, 7) is 0.594. The monoisotopic (exact) mass is 290 g/mol. The summed E-state index contributed by atoms with van der Waals surface area (Å²) >= 11 is 13.3. The molecule has 1 aromatic heterocycles. The van der Waals surface area contributed by atoms with Gasteiger partial charge in [-0.1, -0.05) is 48.0 Å². The fraction of sp³-hybridized carbons (Fsp3) is 0.583. The number of hydrogen-bond donors (Lipinski definition) is 1. The van der Waals surface area contributed by atoms with Crippen molar-refractivity contribution in [1.29, 1.82) is 0 Å². The van der Waals surface area contributed by atoms with Gasteiger partial charge in [-0.2, -0.15) is 0 Å². The molecule has 1 aliphatic rings. The fourth-order valence-electron chi connectivity index (χ4n) is 2.36. The summed E-state index contributed by atoms with van der Waals surface area (Å²) < 4.78 is 0.487. The molecule has 2 N–H and O–H groups in total. The molecule has 2 nitrogen and oxygen atoms in total. The standard InChI is InChI=1S/C12H16Cl2N2S/c13-11-10(17-12(14)16-11)6-9(7-15)8-4-2-1-3-5-8/h6,8H,1-5,7,15H2. The first-order valence-corrected chi connectivity index (χ1v) is 7.50. The molecule has 0 amide bonds. The van der Waals surface area contributed by atoms with Crippen molar-refractivity contribution in [2.45, 2.75) is 32.1 Å². The van der Waals surface area contributed by atoms with Crippen LogP contribution in [-0.2, 0) is 0 Å². The summed E-state index contributed by atoms with van der Waals surface area (Å²) in [4.78, 5) is 4.94. The lowest BCUT2D eigenvalue weighted by Gasteiger charge is -2.23. The highest BCUT2D eigenvalue weighted by atomic mass is 35.5. The van der Waals surface area contributed by atoms with Crippen molar-refractivity contribution in [3.63, 3.8) is 0 Å². The molecule has 1 heterocycles. The maximum Gasteiger partial charge on any atom is 0.185 e. The zero-order valence-corrected chi connectivity index (χ0v) is 11.9. The van der Waals surface area contributed by atoms with E-state index in [1.165, 1.54) is 49.0 Å². The van der Waals surface area contributed by atoms with E-state index in [0.717, 1.165) is 4.88 Å². The SMILES string of the molecule is NCC(=Cc1sc(Cl)nc1Cl)C1CCCCC1. The predicted molar refractivity (Wildman–Crippen MR) is 75.7 cm³/mol. The molecule has 0 radical (unpaired) electrons. The van der Waals surface area contributed by atoms with Crippen molar-refractivity contribution >= 4 is 40.6 Å². The summed E-state index contributed by atoms with van der Waals surface area (Å²) in [6.07, 6.45) is 8.53. The van der Waals surface area contributed by atoms with Gasteiger partial charge in [-0.15, -0.1) is 11.3 Å². The van der Waals surface area contributed by atoms with Crippen molar-refractivity contribution in [2.75, 3.05) is 6.54 Å². The Morgan fingerprint density at radius 1 is 1.35 bits per heavy atom. The van der Waals surface area contributed by atoms with E-state index in [1.807, 2.05) is 0 Å². The molecule has 0 atom stereocenters. The Morgan fingerprint density at radius 2 is 2.06 bits per heavy atom. The van der Waals surface area contributed by atoms with Crippen LogP contribution in [0, 0.1) is 5.92 Å². The summed E-state index contributed by atoms with van der Waals surface area (Å²) in [6, 6.07) is 0. The third-order valence-electron chi connectivity index (χ3n) is 3.27. The number of thiazole rings is 1. The maximum absolute atomic E-state index is 6.01. The lowest BCUT2D eigenvalue weighted by molar-refractivity contribution is 0.401. The summed E-state index contributed by atoms with van der Waals surface area (Å²) in [5.74, 6) is 0.616. The molecule has 0 bridgehead atoms. The minimum atomic E-state index is 0.487. The molecule has 1 fully saturated rings. The molecule has 0 spiro atoms. The second-order valence-electron chi connectivity index (χ2n) is 4.38. The van der Waals surface area contributed by atoms with Gasteiger partial charge in [0.05, 0.1) is 4.88 Å². The first-order chi connectivity index (χ1) is 8.20. The van der Waals surface area contributed by atoms with Gasteiger partial charge in [0.1, 0.15) is 5.15 Å². The molecular weight excluding hydrogens is 275 g/mol. The molecule has 0 saturated heterocycles. The van der Waals surface area contributed by atoms with Crippen molar-refractivity contribution in [3.05, 3.63) is 20.1 Å². The van der Waals surface area contributed by atoms with Gasteiger partial charge in [0.25, 0.3) is 0 Å². The highest BCUT2D eigenvalue weighted by Gasteiger charge is 2.17. The van der Waals surface area contributed by atoms with Crippen LogP contribution in [0.4, 0.5) is 0 Å². The number of hydrogen-bond acceptors (Lipinski definition) is 3. The van der Waals surface area contributed by atoms with Gasteiger partial charge in [-0.05, 0) is 24.8 Å². The van der Waals surface area contributed by atoms with Crippen LogP contribution in [0.1, 0.15) is 37.0 Å². The van der Waals surface area contributed by atoms with Gasteiger partial charge in [-0.3, -0.25) is 0 Å². The largest absolute Gasteiger partial charge is 0.327 e. The highest BCUT2D eigenvalue weighted by Crippen LogP contribution is 2.33. The maximum atomic E-state index is 6.01. The van der Waals surface area contributed by atoms with E-state index in [0.29, 0.717) is 22.1 Å². The number of rotatable bonds is 3. The Bertz CT molecular complexity index is 409. The van der Waals surface area contributed by atoms with Crippen molar-refractivity contribution in [3.8, 4) is 0 Å². The van der Waals surface area contributed by atoms with Gasteiger partial charge in [0.15, 0.2) is 4.47 Å². The Hall–Kier alpha value is -0.0900. The molecule has 0 aliphatic heterocycles. The Kier molecular flexibility index (Phi) is 4.86. The molecule has 0 unspecified atom stereocenters. The first kappa shape index (κ1) is 13.3. The molecule has 1 aliphatic carbocycles. The van der Waals surface area contributed by atoms with E-state index in [4.69, 9.17) is 28.9 Å². The average Bonchev–Trinajstić information content (AvgIpc) is 2.66. The number of aromatic nitrogens is 1. The van der Waals surface area contributed by atoms with E-state index in [1.54, 1.807) is 0 Å². The molecule has 1 aromatic rings. The topological polar surface area (TPSA) is 38.9 Å². The normalized spacial score (nSPS) is 18.6. The Labute approximate surface area is 116 Å². The lowest BCUT2D eigenvalue weighted by Crippen LogP contribution is -2.15. The molecule has 5 heteroatoms. The van der Waals surface area contributed by atoms with Crippen molar-refractivity contribution < 1.29 is 0 Å². The second-order valence-corrected chi connectivity index (χ2v) is 6.35. The van der Waals surface area contributed by atoms with Gasteiger partial charge in [0.2, 0.25) is 0 Å².